The number of carbonyl (C=O) groups is 2. The molecular formula is C19H21NO3. The molecule has 4 nitrogen and oxygen atoms in total. The van der Waals surface area contributed by atoms with Crippen LogP contribution in [-0.4, -0.2) is 18.8 Å². The number of Topliss-reactive ketones (excluding diaryl/α,β-unsaturated/α-hetero) is 1. The van der Waals surface area contributed by atoms with Crippen molar-refractivity contribution in [1.29, 1.82) is 0 Å². The van der Waals surface area contributed by atoms with Crippen LogP contribution in [0, 0.1) is 0 Å². The average molecular weight is 311 g/mol. The number of amides is 1. The number of para-hydroxylation sites is 1. The molecular weight excluding hydrogens is 290 g/mol. The molecule has 1 amide bonds. The number of rotatable bonds is 5. The van der Waals surface area contributed by atoms with Crippen molar-refractivity contribution in [3.05, 3.63) is 59.7 Å². The molecule has 0 bridgehead atoms. The Morgan fingerprint density at radius 2 is 1.61 bits per heavy atom. The van der Waals surface area contributed by atoms with Crippen molar-refractivity contribution in [2.24, 2.45) is 0 Å². The Labute approximate surface area is 136 Å². The fraction of sp³-hybridized carbons (Fsp3) is 0.263. The zero-order valence-corrected chi connectivity index (χ0v) is 13.8. The van der Waals surface area contributed by atoms with E-state index in [2.05, 4.69) is 5.32 Å². The van der Waals surface area contributed by atoms with Gasteiger partial charge in [0.1, 0.15) is 5.75 Å². The van der Waals surface area contributed by atoms with E-state index in [1.54, 1.807) is 31.4 Å². The number of benzene rings is 2. The van der Waals surface area contributed by atoms with Crippen molar-refractivity contribution in [3.63, 3.8) is 0 Å². The molecule has 0 heterocycles. The van der Waals surface area contributed by atoms with Gasteiger partial charge in [0.2, 0.25) is 5.91 Å². The fourth-order valence-electron chi connectivity index (χ4n) is 2.36. The van der Waals surface area contributed by atoms with E-state index in [9.17, 15) is 9.59 Å². The van der Waals surface area contributed by atoms with Crippen LogP contribution in [0.25, 0.3) is 0 Å². The van der Waals surface area contributed by atoms with E-state index in [0.29, 0.717) is 17.0 Å². The number of carbonyl (C=O) groups excluding carboxylic acids is 2. The summed E-state index contributed by atoms with van der Waals surface area (Å²) in [5.74, 6) is 0.536. The standard InChI is InChI=1S/C19H21NO3/c1-13(21)14-9-11-15(12-10-14)20-18(22)19(2,3)16-7-5-6-8-17(16)23-4/h5-12H,1-4H3,(H,20,22). The van der Waals surface area contributed by atoms with Gasteiger partial charge in [-0.3, -0.25) is 9.59 Å². The second-order valence-electron chi connectivity index (χ2n) is 5.91. The van der Waals surface area contributed by atoms with E-state index in [0.717, 1.165) is 5.56 Å². The van der Waals surface area contributed by atoms with Crippen LogP contribution in [0.3, 0.4) is 0 Å². The summed E-state index contributed by atoms with van der Waals surface area (Å²) in [5, 5.41) is 2.89. The van der Waals surface area contributed by atoms with Gasteiger partial charge in [0.05, 0.1) is 12.5 Å². The van der Waals surface area contributed by atoms with Gasteiger partial charge in [-0.25, -0.2) is 0 Å². The molecule has 0 aliphatic carbocycles. The van der Waals surface area contributed by atoms with Gasteiger partial charge in [-0.15, -0.1) is 0 Å². The maximum atomic E-state index is 12.7. The number of methoxy groups -OCH3 is 1. The first kappa shape index (κ1) is 16.7. The minimum Gasteiger partial charge on any atom is -0.496 e. The molecule has 0 aromatic heterocycles. The van der Waals surface area contributed by atoms with Crippen LogP contribution in [0.5, 0.6) is 5.75 Å². The van der Waals surface area contributed by atoms with E-state index in [1.165, 1.54) is 6.92 Å². The third-order valence-electron chi connectivity index (χ3n) is 3.90. The van der Waals surface area contributed by atoms with Gasteiger partial charge < -0.3 is 10.1 Å². The first-order valence-electron chi connectivity index (χ1n) is 7.42. The van der Waals surface area contributed by atoms with Gasteiger partial charge in [0.25, 0.3) is 0 Å². The summed E-state index contributed by atoms with van der Waals surface area (Å²) in [7, 11) is 1.59. The number of ether oxygens (including phenoxy) is 1. The number of anilines is 1. The maximum Gasteiger partial charge on any atom is 0.234 e. The highest BCUT2D eigenvalue weighted by Gasteiger charge is 2.32. The predicted molar refractivity (Wildman–Crippen MR) is 91.1 cm³/mol. The first-order chi connectivity index (χ1) is 10.9. The van der Waals surface area contributed by atoms with Crippen LogP contribution in [-0.2, 0) is 10.2 Å². The molecule has 2 aromatic rings. The number of hydrogen-bond acceptors (Lipinski definition) is 3. The van der Waals surface area contributed by atoms with E-state index in [4.69, 9.17) is 4.74 Å². The highest BCUT2D eigenvalue weighted by Crippen LogP contribution is 2.32. The van der Waals surface area contributed by atoms with E-state index >= 15 is 0 Å². The number of ketones is 1. The van der Waals surface area contributed by atoms with Crippen LogP contribution < -0.4 is 10.1 Å². The van der Waals surface area contributed by atoms with E-state index in [1.807, 2.05) is 38.1 Å². The Kier molecular flexibility index (Phi) is 4.84. The smallest absolute Gasteiger partial charge is 0.234 e. The maximum absolute atomic E-state index is 12.7. The fourth-order valence-corrected chi connectivity index (χ4v) is 2.36. The van der Waals surface area contributed by atoms with Gasteiger partial charge >= 0.3 is 0 Å². The third-order valence-corrected chi connectivity index (χ3v) is 3.90. The Balaban J connectivity index is 2.23. The van der Waals surface area contributed by atoms with E-state index < -0.39 is 5.41 Å². The Morgan fingerprint density at radius 1 is 1.00 bits per heavy atom. The van der Waals surface area contributed by atoms with Crippen LogP contribution in [0.15, 0.2) is 48.5 Å². The highest BCUT2D eigenvalue weighted by atomic mass is 16.5. The lowest BCUT2D eigenvalue weighted by Gasteiger charge is -2.26. The SMILES string of the molecule is COc1ccccc1C(C)(C)C(=O)Nc1ccc(C(C)=O)cc1. The molecule has 0 unspecified atom stereocenters. The van der Waals surface area contributed by atoms with Crippen molar-refractivity contribution in [1.82, 2.24) is 0 Å². The van der Waals surface area contributed by atoms with Crippen molar-refractivity contribution in [2.75, 3.05) is 12.4 Å². The number of nitrogens with one attached hydrogen (secondary N) is 1. The van der Waals surface area contributed by atoms with Crippen LogP contribution >= 0.6 is 0 Å². The summed E-state index contributed by atoms with van der Waals surface area (Å²) < 4.78 is 5.36. The minimum absolute atomic E-state index is 0.00257. The average Bonchev–Trinajstić information content (AvgIpc) is 2.55. The Bertz CT molecular complexity index is 718. The molecule has 0 aliphatic rings. The van der Waals surface area contributed by atoms with E-state index in [-0.39, 0.29) is 11.7 Å². The summed E-state index contributed by atoms with van der Waals surface area (Å²) in [6, 6.07) is 14.3. The lowest BCUT2D eigenvalue weighted by atomic mass is 9.83. The van der Waals surface area contributed by atoms with Crippen molar-refractivity contribution >= 4 is 17.4 Å². The molecule has 0 radical (unpaired) electrons. The summed E-state index contributed by atoms with van der Waals surface area (Å²) in [4.78, 5) is 24.0. The Hall–Kier alpha value is -2.62. The summed E-state index contributed by atoms with van der Waals surface area (Å²) >= 11 is 0. The van der Waals surface area contributed by atoms with Gasteiger partial charge in [0, 0.05) is 16.8 Å². The molecule has 0 atom stereocenters. The van der Waals surface area contributed by atoms with Crippen molar-refractivity contribution in [2.45, 2.75) is 26.2 Å². The minimum atomic E-state index is -0.758. The second-order valence-corrected chi connectivity index (χ2v) is 5.91. The normalized spacial score (nSPS) is 11.0. The topological polar surface area (TPSA) is 55.4 Å². The van der Waals surface area contributed by atoms with Gasteiger partial charge in [0.15, 0.2) is 5.78 Å². The molecule has 0 saturated heterocycles. The zero-order valence-electron chi connectivity index (χ0n) is 13.8. The highest BCUT2D eigenvalue weighted by molar-refractivity contribution is 6.00. The van der Waals surface area contributed by atoms with Crippen molar-refractivity contribution < 1.29 is 14.3 Å². The molecule has 4 heteroatoms. The monoisotopic (exact) mass is 311 g/mol. The molecule has 0 fully saturated rings. The summed E-state index contributed by atoms with van der Waals surface area (Å²) in [6.45, 7) is 5.21. The second kappa shape index (κ2) is 6.65. The summed E-state index contributed by atoms with van der Waals surface area (Å²) in [6.07, 6.45) is 0. The largest absolute Gasteiger partial charge is 0.496 e. The number of hydrogen-bond donors (Lipinski definition) is 1. The van der Waals surface area contributed by atoms with Gasteiger partial charge in [-0.1, -0.05) is 18.2 Å². The molecule has 0 saturated carbocycles. The van der Waals surface area contributed by atoms with Crippen LogP contribution in [0.4, 0.5) is 5.69 Å². The first-order valence-corrected chi connectivity index (χ1v) is 7.42. The van der Waals surface area contributed by atoms with Crippen molar-refractivity contribution in [3.8, 4) is 5.75 Å². The Morgan fingerprint density at radius 3 is 2.17 bits per heavy atom. The van der Waals surface area contributed by atoms with Crippen LogP contribution in [0.1, 0.15) is 36.7 Å². The van der Waals surface area contributed by atoms with Gasteiger partial charge in [-0.05, 0) is 51.1 Å². The molecule has 120 valence electrons. The predicted octanol–water partition coefficient (Wildman–Crippen LogP) is 3.81. The van der Waals surface area contributed by atoms with Crippen LogP contribution in [0.2, 0.25) is 0 Å². The molecule has 2 rings (SSSR count). The van der Waals surface area contributed by atoms with Gasteiger partial charge in [-0.2, -0.15) is 0 Å². The lowest BCUT2D eigenvalue weighted by Crippen LogP contribution is -2.35. The lowest BCUT2D eigenvalue weighted by molar-refractivity contribution is -0.120. The third kappa shape index (κ3) is 3.59. The molecule has 2 aromatic carbocycles. The quantitative estimate of drug-likeness (QED) is 0.854. The molecule has 1 N–H and O–H groups in total. The molecule has 0 spiro atoms. The zero-order chi connectivity index (χ0) is 17.0. The summed E-state index contributed by atoms with van der Waals surface area (Å²) in [5.41, 5.74) is 1.33. The molecule has 23 heavy (non-hydrogen) atoms. The molecule has 0 aliphatic heterocycles.